The summed E-state index contributed by atoms with van der Waals surface area (Å²) in [6.45, 7) is 0. The Morgan fingerprint density at radius 3 is 2.33 bits per heavy atom. The van der Waals surface area contributed by atoms with Crippen LogP contribution in [0.1, 0.15) is 37.9 Å². The van der Waals surface area contributed by atoms with Crippen molar-refractivity contribution in [2.24, 2.45) is 0 Å². The SMILES string of the molecule is O=C(O)c1ccc2c(c1C(=O)O)CC2O. The highest BCUT2D eigenvalue weighted by Gasteiger charge is 2.32. The second-order valence-corrected chi connectivity index (χ2v) is 3.39. The van der Waals surface area contributed by atoms with Crippen LogP contribution in [0, 0.1) is 0 Å². The lowest BCUT2D eigenvalue weighted by Gasteiger charge is -2.27. The molecule has 1 aromatic carbocycles. The van der Waals surface area contributed by atoms with E-state index in [-0.39, 0.29) is 17.5 Å². The van der Waals surface area contributed by atoms with E-state index in [0.29, 0.717) is 11.1 Å². The second kappa shape index (κ2) is 3.06. The third kappa shape index (κ3) is 1.28. The van der Waals surface area contributed by atoms with Gasteiger partial charge in [-0.3, -0.25) is 0 Å². The molecule has 0 bridgehead atoms. The third-order valence-corrected chi connectivity index (χ3v) is 2.55. The van der Waals surface area contributed by atoms with Gasteiger partial charge < -0.3 is 15.3 Å². The number of benzene rings is 1. The van der Waals surface area contributed by atoms with E-state index in [4.69, 9.17) is 10.2 Å². The van der Waals surface area contributed by atoms with Crippen LogP contribution in [0.15, 0.2) is 12.1 Å². The van der Waals surface area contributed by atoms with E-state index in [9.17, 15) is 14.7 Å². The van der Waals surface area contributed by atoms with E-state index in [1.165, 1.54) is 12.1 Å². The molecule has 0 heterocycles. The van der Waals surface area contributed by atoms with E-state index in [0.717, 1.165) is 0 Å². The lowest BCUT2D eigenvalue weighted by atomic mass is 9.80. The molecule has 1 unspecified atom stereocenters. The van der Waals surface area contributed by atoms with E-state index in [2.05, 4.69) is 0 Å². The molecule has 15 heavy (non-hydrogen) atoms. The molecule has 1 atom stereocenters. The summed E-state index contributed by atoms with van der Waals surface area (Å²) in [5, 5.41) is 27.0. The Bertz CT molecular complexity index is 463. The summed E-state index contributed by atoms with van der Waals surface area (Å²) in [5.74, 6) is -2.53. The Morgan fingerprint density at radius 1 is 1.20 bits per heavy atom. The highest BCUT2D eigenvalue weighted by molar-refractivity contribution is 6.03. The first-order chi connectivity index (χ1) is 7.02. The zero-order valence-corrected chi connectivity index (χ0v) is 7.60. The summed E-state index contributed by atoms with van der Waals surface area (Å²) in [6, 6.07) is 2.67. The molecule has 3 N–H and O–H groups in total. The number of carboxylic acid groups (broad SMARTS) is 2. The molecule has 0 amide bonds. The minimum Gasteiger partial charge on any atom is -0.478 e. The summed E-state index contributed by atoms with van der Waals surface area (Å²) >= 11 is 0. The molecule has 0 radical (unpaired) electrons. The van der Waals surface area contributed by atoms with Crippen molar-refractivity contribution in [3.63, 3.8) is 0 Å². The fourth-order valence-electron chi connectivity index (χ4n) is 1.79. The van der Waals surface area contributed by atoms with Gasteiger partial charge in [-0.25, -0.2) is 9.59 Å². The van der Waals surface area contributed by atoms with Crippen LogP contribution in [0.2, 0.25) is 0 Å². The fraction of sp³-hybridized carbons (Fsp3) is 0.200. The van der Waals surface area contributed by atoms with Crippen LogP contribution in [-0.4, -0.2) is 27.3 Å². The quantitative estimate of drug-likeness (QED) is 0.664. The minimum atomic E-state index is -1.27. The molecular weight excluding hydrogens is 200 g/mol. The summed E-state index contributed by atoms with van der Waals surface area (Å²) in [6.07, 6.45) is -0.459. The number of carbonyl (C=O) groups is 2. The molecule has 1 aliphatic carbocycles. The van der Waals surface area contributed by atoms with Gasteiger partial charge in [0, 0.05) is 6.42 Å². The smallest absolute Gasteiger partial charge is 0.336 e. The van der Waals surface area contributed by atoms with Gasteiger partial charge in [-0.1, -0.05) is 6.07 Å². The van der Waals surface area contributed by atoms with Crippen molar-refractivity contribution in [2.75, 3.05) is 0 Å². The number of hydrogen-bond acceptors (Lipinski definition) is 3. The Hall–Kier alpha value is -1.88. The summed E-state index contributed by atoms with van der Waals surface area (Å²) in [4.78, 5) is 21.7. The Balaban J connectivity index is 2.65. The van der Waals surface area contributed by atoms with Crippen molar-refractivity contribution < 1.29 is 24.9 Å². The predicted octanol–water partition coefficient (Wildman–Crippen LogP) is 0.672. The second-order valence-electron chi connectivity index (χ2n) is 3.39. The van der Waals surface area contributed by atoms with Crippen molar-refractivity contribution in [1.82, 2.24) is 0 Å². The summed E-state index contributed by atoms with van der Waals surface area (Å²) in [5.41, 5.74) is 0.505. The molecule has 0 saturated carbocycles. The number of fused-ring (bicyclic) bond motifs is 1. The highest BCUT2D eigenvalue weighted by atomic mass is 16.4. The van der Waals surface area contributed by atoms with Gasteiger partial charge in [-0.2, -0.15) is 0 Å². The van der Waals surface area contributed by atoms with Crippen molar-refractivity contribution in [3.8, 4) is 0 Å². The van der Waals surface area contributed by atoms with Crippen LogP contribution in [0.4, 0.5) is 0 Å². The average molecular weight is 208 g/mol. The molecule has 0 saturated heterocycles. The lowest BCUT2D eigenvalue weighted by molar-refractivity contribution is 0.0645. The average Bonchev–Trinajstić information content (AvgIpc) is 2.14. The van der Waals surface area contributed by atoms with Crippen molar-refractivity contribution in [1.29, 1.82) is 0 Å². The summed E-state index contributed by atoms with van der Waals surface area (Å²) in [7, 11) is 0. The molecule has 0 aliphatic heterocycles. The number of rotatable bonds is 2. The number of aliphatic hydroxyl groups is 1. The van der Waals surface area contributed by atoms with Gasteiger partial charge >= 0.3 is 11.9 Å². The standard InChI is InChI=1S/C10H8O5/c11-7-3-6-4(7)1-2-5(9(12)13)8(6)10(14)15/h1-2,7,11H,3H2,(H,12,13)(H,14,15). The first-order valence-electron chi connectivity index (χ1n) is 4.32. The van der Waals surface area contributed by atoms with Gasteiger partial charge in [0.1, 0.15) is 0 Å². The number of hydrogen-bond donors (Lipinski definition) is 3. The van der Waals surface area contributed by atoms with E-state index in [1.807, 2.05) is 0 Å². The van der Waals surface area contributed by atoms with Gasteiger partial charge in [0.15, 0.2) is 0 Å². The van der Waals surface area contributed by atoms with Gasteiger partial charge in [-0.15, -0.1) is 0 Å². The fourth-order valence-corrected chi connectivity index (χ4v) is 1.79. The maximum absolute atomic E-state index is 10.9. The van der Waals surface area contributed by atoms with Gasteiger partial charge in [0.05, 0.1) is 17.2 Å². The molecule has 5 heteroatoms. The number of aromatic carboxylic acids is 2. The zero-order valence-electron chi connectivity index (χ0n) is 7.60. The number of carboxylic acids is 2. The van der Waals surface area contributed by atoms with Crippen LogP contribution in [-0.2, 0) is 6.42 Å². The van der Waals surface area contributed by atoms with Crippen LogP contribution in [0.25, 0.3) is 0 Å². The zero-order chi connectivity index (χ0) is 11.2. The van der Waals surface area contributed by atoms with Gasteiger partial charge in [0.25, 0.3) is 0 Å². The normalized spacial score (nSPS) is 17.8. The van der Waals surface area contributed by atoms with Crippen molar-refractivity contribution in [3.05, 3.63) is 34.4 Å². The molecule has 1 aliphatic rings. The summed E-state index contributed by atoms with van der Waals surface area (Å²) < 4.78 is 0. The largest absolute Gasteiger partial charge is 0.478 e. The van der Waals surface area contributed by atoms with Crippen LogP contribution >= 0.6 is 0 Å². The Labute approximate surface area is 84.6 Å². The first-order valence-corrected chi connectivity index (χ1v) is 4.32. The molecular formula is C10H8O5. The molecule has 78 valence electrons. The first kappa shape index (κ1) is 9.67. The van der Waals surface area contributed by atoms with E-state index < -0.39 is 18.0 Å². The highest BCUT2D eigenvalue weighted by Crippen LogP contribution is 2.36. The van der Waals surface area contributed by atoms with E-state index in [1.54, 1.807) is 0 Å². The minimum absolute atomic E-state index is 0.203. The number of aliphatic hydroxyl groups excluding tert-OH is 1. The maximum atomic E-state index is 10.9. The monoisotopic (exact) mass is 208 g/mol. The molecule has 2 rings (SSSR count). The van der Waals surface area contributed by atoms with Gasteiger partial charge in [0.2, 0.25) is 0 Å². The topological polar surface area (TPSA) is 94.8 Å². The Morgan fingerprint density at radius 2 is 1.87 bits per heavy atom. The van der Waals surface area contributed by atoms with Crippen LogP contribution < -0.4 is 0 Å². The third-order valence-electron chi connectivity index (χ3n) is 2.55. The predicted molar refractivity (Wildman–Crippen MR) is 49.0 cm³/mol. The molecule has 1 aromatic rings. The lowest BCUT2D eigenvalue weighted by Crippen LogP contribution is -2.23. The van der Waals surface area contributed by atoms with Crippen LogP contribution in [0.3, 0.4) is 0 Å². The maximum Gasteiger partial charge on any atom is 0.336 e. The van der Waals surface area contributed by atoms with Crippen LogP contribution in [0.5, 0.6) is 0 Å². The van der Waals surface area contributed by atoms with Crippen molar-refractivity contribution in [2.45, 2.75) is 12.5 Å². The molecule has 0 spiro atoms. The Kier molecular flexibility index (Phi) is 1.97. The molecule has 5 nitrogen and oxygen atoms in total. The molecule has 0 fully saturated rings. The van der Waals surface area contributed by atoms with E-state index >= 15 is 0 Å². The molecule has 0 aromatic heterocycles. The van der Waals surface area contributed by atoms with Gasteiger partial charge in [-0.05, 0) is 17.2 Å². The van der Waals surface area contributed by atoms with Crippen molar-refractivity contribution >= 4 is 11.9 Å².